The molecular weight excluding hydrogens is 406 g/mol. The topological polar surface area (TPSA) is 48.2 Å². The Hall–Kier alpha value is -2.57. The Morgan fingerprint density at radius 1 is 1.07 bits per heavy atom. The maximum atomic E-state index is 12.7. The molecular formula is C21H20BrN3O2. The van der Waals surface area contributed by atoms with Gasteiger partial charge in [-0.15, -0.1) is 0 Å². The number of carbonyl (C=O) groups is 1. The highest BCUT2D eigenvalue weighted by atomic mass is 79.9. The summed E-state index contributed by atoms with van der Waals surface area (Å²) in [6, 6.07) is 16.1. The predicted octanol–water partition coefficient (Wildman–Crippen LogP) is 4.64. The lowest BCUT2D eigenvalue weighted by atomic mass is 10.2. The van der Waals surface area contributed by atoms with E-state index in [0.717, 1.165) is 38.5 Å². The summed E-state index contributed by atoms with van der Waals surface area (Å²) in [6.45, 7) is 1.69. The van der Waals surface area contributed by atoms with Crippen molar-refractivity contribution in [2.75, 3.05) is 19.0 Å². The van der Waals surface area contributed by atoms with Crippen LogP contribution >= 0.6 is 15.9 Å². The van der Waals surface area contributed by atoms with Crippen LogP contribution in [-0.2, 0) is 22.6 Å². The number of nitrogens with zero attached hydrogens (tertiary/aromatic N) is 2. The van der Waals surface area contributed by atoms with Crippen LogP contribution in [0.4, 0.5) is 5.69 Å². The van der Waals surface area contributed by atoms with Gasteiger partial charge in [-0.3, -0.25) is 4.79 Å². The number of benzene rings is 2. The fourth-order valence-electron chi connectivity index (χ4n) is 3.36. The van der Waals surface area contributed by atoms with Gasteiger partial charge >= 0.3 is 0 Å². The van der Waals surface area contributed by atoms with E-state index in [1.807, 2.05) is 59.4 Å². The second-order valence-electron chi connectivity index (χ2n) is 6.44. The van der Waals surface area contributed by atoms with E-state index in [1.54, 1.807) is 7.11 Å². The van der Waals surface area contributed by atoms with Crippen molar-refractivity contribution in [3.63, 3.8) is 0 Å². The fourth-order valence-corrected chi connectivity index (χ4v) is 3.71. The molecule has 138 valence electrons. The number of halogens is 1. The van der Waals surface area contributed by atoms with Crippen LogP contribution in [-0.4, -0.2) is 28.8 Å². The number of amides is 1. The minimum absolute atomic E-state index is 0.0513. The number of hydrogen-bond donors (Lipinski definition) is 1. The summed E-state index contributed by atoms with van der Waals surface area (Å²) in [4.78, 5) is 12.7. The van der Waals surface area contributed by atoms with Crippen LogP contribution in [0.15, 0.2) is 65.4 Å². The molecule has 2 heterocycles. The van der Waals surface area contributed by atoms with E-state index in [-0.39, 0.29) is 12.5 Å². The maximum Gasteiger partial charge on any atom is 0.244 e. The van der Waals surface area contributed by atoms with Crippen LogP contribution in [0.1, 0.15) is 0 Å². The molecule has 0 radical (unpaired) electrons. The minimum Gasteiger partial charge on any atom is -0.383 e. The van der Waals surface area contributed by atoms with Crippen molar-refractivity contribution in [1.82, 2.24) is 9.13 Å². The second kappa shape index (κ2) is 7.58. The largest absolute Gasteiger partial charge is 0.383 e. The van der Waals surface area contributed by atoms with E-state index in [1.165, 1.54) is 0 Å². The zero-order chi connectivity index (χ0) is 18.8. The number of methoxy groups -OCH3 is 1. The van der Waals surface area contributed by atoms with Crippen LogP contribution in [0.3, 0.4) is 0 Å². The summed E-state index contributed by atoms with van der Waals surface area (Å²) in [6.07, 6.45) is 3.97. The zero-order valence-corrected chi connectivity index (χ0v) is 16.6. The second-order valence-corrected chi connectivity index (χ2v) is 7.35. The summed E-state index contributed by atoms with van der Waals surface area (Å²) < 4.78 is 10.3. The van der Waals surface area contributed by atoms with Crippen LogP contribution in [0.25, 0.3) is 21.8 Å². The minimum atomic E-state index is -0.0513. The number of anilines is 1. The highest BCUT2D eigenvalue weighted by Crippen LogP contribution is 2.25. The van der Waals surface area contributed by atoms with Gasteiger partial charge in [0.2, 0.25) is 5.91 Å². The van der Waals surface area contributed by atoms with Crippen molar-refractivity contribution in [2.24, 2.45) is 0 Å². The van der Waals surface area contributed by atoms with Crippen LogP contribution in [0, 0.1) is 0 Å². The standard InChI is InChI=1S/C21H20BrN3O2/c1-27-12-11-24-10-8-17-18(3-2-4-19(17)24)23-21(26)14-25-9-7-15-5-6-16(22)13-20(15)25/h2-10,13H,11-12,14H2,1H3,(H,23,26). The van der Waals surface area contributed by atoms with Crippen molar-refractivity contribution < 1.29 is 9.53 Å². The first-order chi connectivity index (χ1) is 13.2. The fraction of sp³-hybridized carbons (Fsp3) is 0.190. The molecule has 4 rings (SSSR count). The van der Waals surface area contributed by atoms with Crippen LogP contribution in [0.5, 0.6) is 0 Å². The first-order valence-electron chi connectivity index (χ1n) is 8.77. The molecule has 6 heteroatoms. The monoisotopic (exact) mass is 425 g/mol. The van der Waals surface area contributed by atoms with E-state index in [9.17, 15) is 4.79 Å². The third-order valence-corrected chi connectivity index (χ3v) is 5.17. The average molecular weight is 426 g/mol. The molecule has 27 heavy (non-hydrogen) atoms. The summed E-state index contributed by atoms with van der Waals surface area (Å²) in [5.41, 5.74) is 2.94. The third kappa shape index (κ3) is 3.63. The van der Waals surface area contributed by atoms with E-state index in [4.69, 9.17) is 4.74 Å². The van der Waals surface area contributed by atoms with Gasteiger partial charge in [-0.05, 0) is 41.8 Å². The van der Waals surface area contributed by atoms with Gasteiger partial charge in [-0.25, -0.2) is 0 Å². The molecule has 0 spiro atoms. The summed E-state index contributed by atoms with van der Waals surface area (Å²) >= 11 is 3.49. The van der Waals surface area contributed by atoms with E-state index in [0.29, 0.717) is 6.61 Å². The Labute approximate surface area is 165 Å². The van der Waals surface area contributed by atoms with Gasteiger partial charge in [-0.1, -0.05) is 28.1 Å². The molecule has 1 amide bonds. The number of hydrogen-bond acceptors (Lipinski definition) is 2. The summed E-state index contributed by atoms with van der Waals surface area (Å²) in [5.74, 6) is -0.0513. The number of nitrogens with one attached hydrogen (secondary N) is 1. The maximum absolute atomic E-state index is 12.7. The highest BCUT2D eigenvalue weighted by Gasteiger charge is 2.10. The molecule has 0 aliphatic rings. The Kier molecular flexibility index (Phi) is 5.01. The molecule has 0 fully saturated rings. The van der Waals surface area contributed by atoms with E-state index in [2.05, 4.69) is 31.9 Å². The van der Waals surface area contributed by atoms with Crippen molar-refractivity contribution >= 4 is 49.3 Å². The molecule has 5 nitrogen and oxygen atoms in total. The third-order valence-electron chi connectivity index (χ3n) is 4.67. The van der Waals surface area contributed by atoms with E-state index >= 15 is 0 Å². The van der Waals surface area contributed by atoms with E-state index < -0.39 is 0 Å². The van der Waals surface area contributed by atoms with Crippen LogP contribution < -0.4 is 5.32 Å². The van der Waals surface area contributed by atoms with Gasteiger partial charge in [0.1, 0.15) is 6.54 Å². The predicted molar refractivity (Wildman–Crippen MR) is 112 cm³/mol. The molecule has 0 aliphatic heterocycles. The number of fused-ring (bicyclic) bond motifs is 2. The molecule has 0 atom stereocenters. The molecule has 0 aliphatic carbocycles. The van der Waals surface area contributed by atoms with Crippen molar-refractivity contribution in [1.29, 1.82) is 0 Å². The normalized spacial score (nSPS) is 11.3. The Morgan fingerprint density at radius 2 is 1.93 bits per heavy atom. The average Bonchev–Trinajstić information content (AvgIpc) is 3.25. The number of aromatic nitrogens is 2. The lowest BCUT2D eigenvalue weighted by Gasteiger charge is -2.10. The van der Waals surface area contributed by atoms with Gasteiger partial charge in [-0.2, -0.15) is 0 Å². The van der Waals surface area contributed by atoms with Gasteiger partial charge in [0.25, 0.3) is 0 Å². The Morgan fingerprint density at radius 3 is 2.78 bits per heavy atom. The first kappa shape index (κ1) is 17.8. The zero-order valence-electron chi connectivity index (χ0n) is 15.0. The highest BCUT2D eigenvalue weighted by molar-refractivity contribution is 9.10. The van der Waals surface area contributed by atoms with Gasteiger partial charge < -0.3 is 19.2 Å². The molecule has 1 N–H and O–H groups in total. The van der Waals surface area contributed by atoms with Crippen molar-refractivity contribution in [2.45, 2.75) is 13.1 Å². The summed E-state index contributed by atoms with van der Waals surface area (Å²) in [5, 5.41) is 5.20. The summed E-state index contributed by atoms with van der Waals surface area (Å²) in [7, 11) is 1.70. The lowest BCUT2D eigenvalue weighted by molar-refractivity contribution is -0.116. The Bertz CT molecular complexity index is 1110. The van der Waals surface area contributed by atoms with Crippen molar-refractivity contribution in [3.05, 3.63) is 65.4 Å². The molecule has 0 saturated heterocycles. The quantitative estimate of drug-likeness (QED) is 0.488. The number of carbonyl (C=O) groups excluding carboxylic acids is 1. The van der Waals surface area contributed by atoms with Gasteiger partial charge in [0.15, 0.2) is 0 Å². The van der Waals surface area contributed by atoms with Crippen molar-refractivity contribution in [3.8, 4) is 0 Å². The lowest BCUT2D eigenvalue weighted by Crippen LogP contribution is -2.18. The van der Waals surface area contributed by atoms with Gasteiger partial charge in [0.05, 0.1) is 17.8 Å². The first-order valence-corrected chi connectivity index (χ1v) is 9.56. The number of ether oxygens (including phenoxy) is 1. The smallest absolute Gasteiger partial charge is 0.244 e. The molecule has 0 bridgehead atoms. The number of rotatable bonds is 6. The SMILES string of the molecule is COCCn1ccc2c(NC(=O)Cn3ccc4ccc(Br)cc43)cccc21. The van der Waals surface area contributed by atoms with Crippen LogP contribution in [0.2, 0.25) is 0 Å². The molecule has 2 aromatic heterocycles. The molecule has 0 unspecified atom stereocenters. The van der Waals surface area contributed by atoms with Gasteiger partial charge in [0, 0.05) is 41.4 Å². The molecule has 4 aromatic rings. The molecule has 2 aromatic carbocycles. The molecule has 0 saturated carbocycles. The Balaban J connectivity index is 1.55.